The van der Waals surface area contributed by atoms with Gasteiger partial charge < -0.3 is 10.6 Å². The van der Waals surface area contributed by atoms with E-state index in [1.165, 1.54) is 24.3 Å². The van der Waals surface area contributed by atoms with E-state index in [0.717, 1.165) is 25.7 Å². The number of amides is 2. The van der Waals surface area contributed by atoms with E-state index in [4.69, 9.17) is 0 Å². The van der Waals surface area contributed by atoms with Gasteiger partial charge in [0.2, 0.25) is 0 Å². The van der Waals surface area contributed by atoms with Gasteiger partial charge >= 0.3 is 0 Å². The molecular weight excluding hydrogens is 334 g/mol. The summed E-state index contributed by atoms with van der Waals surface area (Å²) in [6, 6.07) is 12.3. The van der Waals surface area contributed by atoms with Gasteiger partial charge in [-0.25, -0.2) is 0 Å². The van der Waals surface area contributed by atoms with E-state index in [-0.39, 0.29) is 23.2 Å². The van der Waals surface area contributed by atoms with Crippen molar-refractivity contribution in [2.24, 2.45) is 0 Å². The topological polar surface area (TPSA) is 101 Å². The molecule has 0 aliphatic heterocycles. The lowest BCUT2D eigenvalue weighted by Crippen LogP contribution is -2.33. The van der Waals surface area contributed by atoms with Gasteiger partial charge in [-0.05, 0) is 37.1 Å². The van der Waals surface area contributed by atoms with Gasteiger partial charge in [0.1, 0.15) is 0 Å². The van der Waals surface area contributed by atoms with Gasteiger partial charge in [0.05, 0.1) is 16.2 Å². The summed E-state index contributed by atoms with van der Waals surface area (Å²) in [6.07, 6.45) is 4.18. The first kappa shape index (κ1) is 17.6. The minimum Gasteiger partial charge on any atom is -0.349 e. The number of rotatable bonds is 5. The van der Waals surface area contributed by atoms with Crippen LogP contribution in [0, 0.1) is 10.1 Å². The lowest BCUT2D eigenvalue weighted by atomic mass is 10.1. The molecule has 3 rings (SSSR count). The van der Waals surface area contributed by atoms with Crippen molar-refractivity contribution in [3.8, 4) is 0 Å². The molecule has 7 heteroatoms. The summed E-state index contributed by atoms with van der Waals surface area (Å²) in [4.78, 5) is 35.1. The quantitative estimate of drug-likeness (QED) is 0.634. The van der Waals surface area contributed by atoms with E-state index >= 15 is 0 Å². The first-order valence-corrected chi connectivity index (χ1v) is 8.50. The molecule has 0 saturated heterocycles. The van der Waals surface area contributed by atoms with Crippen molar-refractivity contribution in [3.63, 3.8) is 0 Å². The van der Waals surface area contributed by atoms with Crippen LogP contribution in [0.1, 0.15) is 46.4 Å². The lowest BCUT2D eigenvalue weighted by Gasteiger charge is -2.15. The number of hydrogen-bond donors (Lipinski definition) is 2. The van der Waals surface area contributed by atoms with Crippen LogP contribution >= 0.6 is 0 Å². The summed E-state index contributed by atoms with van der Waals surface area (Å²) in [5, 5.41) is 16.4. The third kappa shape index (κ3) is 4.05. The fraction of sp³-hybridized carbons (Fsp3) is 0.263. The second kappa shape index (κ2) is 7.77. The number of hydrogen-bond acceptors (Lipinski definition) is 4. The third-order valence-electron chi connectivity index (χ3n) is 4.45. The highest BCUT2D eigenvalue weighted by atomic mass is 16.6. The van der Waals surface area contributed by atoms with Crippen LogP contribution in [-0.4, -0.2) is 22.8 Å². The molecule has 2 aromatic rings. The Morgan fingerprint density at radius 1 is 0.962 bits per heavy atom. The average Bonchev–Trinajstić information content (AvgIpc) is 3.15. The maximum atomic E-state index is 12.5. The van der Waals surface area contributed by atoms with Gasteiger partial charge in [-0.2, -0.15) is 0 Å². The highest BCUT2D eigenvalue weighted by Crippen LogP contribution is 2.21. The van der Waals surface area contributed by atoms with Crippen LogP contribution < -0.4 is 10.6 Å². The molecule has 0 aromatic heterocycles. The fourth-order valence-corrected chi connectivity index (χ4v) is 3.05. The van der Waals surface area contributed by atoms with Crippen molar-refractivity contribution in [1.82, 2.24) is 5.32 Å². The number of nitro benzene ring substituents is 1. The van der Waals surface area contributed by atoms with Crippen molar-refractivity contribution in [1.29, 1.82) is 0 Å². The summed E-state index contributed by atoms with van der Waals surface area (Å²) in [6.45, 7) is 0. The van der Waals surface area contributed by atoms with E-state index in [0.29, 0.717) is 11.3 Å². The molecule has 7 nitrogen and oxygen atoms in total. The summed E-state index contributed by atoms with van der Waals surface area (Å²) < 4.78 is 0. The number of non-ortho nitro benzene ring substituents is 1. The number of anilines is 1. The summed E-state index contributed by atoms with van der Waals surface area (Å²) in [7, 11) is 0. The molecule has 26 heavy (non-hydrogen) atoms. The van der Waals surface area contributed by atoms with Crippen LogP contribution in [0.3, 0.4) is 0 Å². The largest absolute Gasteiger partial charge is 0.349 e. The minimum absolute atomic E-state index is 0.0853. The van der Waals surface area contributed by atoms with Gasteiger partial charge in [0.25, 0.3) is 17.5 Å². The predicted octanol–water partition coefficient (Wildman–Crippen LogP) is 3.52. The molecule has 1 saturated carbocycles. The van der Waals surface area contributed by atoms with Crippen LogP contribution in [0.25, 0.3) is 0 Å². The molecule has 2 N–H and O–H groups in total. The number of nitrogens with zero attached hydrogens (tertiary/aromatic N) is 1. The minimum atomic E-state index is -0.523. The van der Waals surface area contributed by atoms with E-state index in [1.54, 1.807) is 24.3 Å². The molecule has 1 fully saturated rings. The standard InChI is InChI=1S/C19H19N3O4/c23-18(13-9-11-15(12-10-13)22(25)26)21-17-8-4-3-7-16(17)19(24)20-14-5-1-2-6-14/h3-4,7-12,14H,1-2,5-6H2,(H,20,24)(H,21,23). The molecule has 0 bridgehead atoms. The van der Waals surface area contributed by atoms with E-state index in [2.05, 4.69) is 10.6 Å². The molecule has 0 atom stereocenters. The first-order valence-electron chi connectivity index (χ1n) is 8.50. The Kier molecular flexibility index (Phi) is 5.26. The first-order chi connectivity index (χ1) is 12.5. The second-order valence-corrected chi connectivity index (χ2v) is 6.26. The molecule has 0 unspecified atom stereocenters. The Morgan fingerprint density at radius 3 is 2.27 bits per heavy atom. The Morgan fingerprint density at radius 2 is 1.62 bits per heavy atom. The molecule has 2 aromatic carbocycles. The third-order valence-corrected chi connectivity index (χ3v) is 4.45. The summed E-state index contributed by atoms with van der Waals surface area (Å²) in [5.41, 5.74) is 1.00. The molecule has 0 radical (unpaired) electrons. The number of carbonyl (C=O) groups is 2. The normalized spacial score (nSPS) is 14.0. The average molecular weight is 353 g/mol. The highest BCUT2D eigenvalue weighted by molar-refractivity contribution is 6.09. The zero-order chi connectivity index (χ0) is 18.5. The molecule has 2 amide bonds. The molecule has 134 valence electrons. The number of para-hydroxylation sites is 1. The summed E-state index contributed by atoms with van der Waals surface area (Å²) in [5.74, 6) is -0.641. The van der Waals surface area contributed by atoms with Crippen LogP contribution in [-0.2, 0) is 0 Å². The van der Waals surface area contributed by atoms with Crippen LogP contribution in [0.5, 0.6) is 0 Å². The van der Waals surface area contributed by atoms with Gasteiger partial charge in [-0.15, -0.1) is 0 Å². The zero-order valence-electron chi connectivity index (χ0n) is 14.1. The Bertz CT molecular complexity index is 827. The van der Waals surface area contributed by atoms with Crippen molar-refractivity contribution in [2.45, 2.75) is 31.7 Å². The van der Waals surface area contributed by atoms with Crippen LogP contribution in [0.15, 0.2) is 48.5 Å². The molecule has 1 aliphatic carbocycles. The fourth-order valence-electron chi connectivity index (χ4n) is 3.05. The van der Waals surface area contributed by atoms with E-state index in [1.807, 2.05) is 0 Å². The highest BCUT2D eigenvalue weighted by Gasteiger charge is 2.20. The lowest BCUT2D eigenvalue weighted by molar-refractivity contribution is -0.384. The number of nitro groups is 1. The van der Waals surface area contributed by atoms with Crippen LogP contribution in [0.2, 0.25) is 0 Å². The van der Waals surface area contributed by atoms with Gasteiger partial charge in [-0.1, -0.05) is 25.0 Å². The number of carbonyl (C=O) groups excluding carboxylic acids is 2. The van der Waals surface area contributed by atoms with Crippen LogP contribution in [0.4, 0.5) is 11.4 Å². The Labute approximate surface area is 150 Å². The summed E-state index contributed by atoms with van der Waals surface area (Å²) >= 11 is 0. The van der Waals surface area contributed by atoms with Crippen molar-refractivity contribution < 1.29 is 14.5 Å². The number of benzene rings is 2. The van der Waals surface area contributed by atoms with Crippen molar-refractivity contribution >= 4 is 23.2 Å². The maximum Gasteiger partial charge on any atom is 0.269 e. The van der Waals surface area contributed by atoms with Gasteiger partial charge in [0, 0.05) is 23.7 Å². The molecule has 1 aliphatic rings. The second-order valence-electron chi connectivity index (χ2n) is 6.26. The molecular formula is C19H19N3O4. The zero-order valence-corrected chi connectivity index (χ0v) is 14.1. The Hall–Kier alpha value is -3.22. The molecule has 0 heterocycles. The SMILES string of the molecule is O=C(Nc1ccccc1C(=O)NC1CCCC1)c1ccc([N+](=O)[O-])cc1. The van der Waals surface area contributed by atoms with E-state index in [9.17, 15) is 19.7 Å². The van der Waals surface area contributed by atoms with Gasteiger partial charge in [0.15, 0.2) is 0 Å². The maximum absolute atomic E-state index is 12.5. The predicted molar refractivity (Wildman–Crippen MR) is 97.2 cm³/mol. The van der Waals surface area contributed by atoms with Crippen molar-refractivity contribution in [2.75, 3.05) is 5.32 Å². The van der Waals surface area contributed by atoms with E-state index < -0.39 is 10.8 Å². The van der Waals surface area contributed by atoms with Crippen molar-refractivity contribution in [3.05, 3.63) is 69.8 Å². The monoisotopic (exact) mass is 353 g/mol. The molecule has 0 spiro atoms. The smallest absolute Gasteiger partial charge is 0.269 e. The van der Waals surface area contributed by atoms with Gasteiger partial charge in [-0.3, -0.25) is 19.7 Å². The number of nitrogens with one attached hydrogen (secondary N) is 2. The Balaban J connectivity index is 1.73.